The Labute approximate surface area is 206 Å². The van der Waals surface area contributed by atoms with Crippen LogP contribution in [0, 0.1) is 17.7 Å². The summed E-state index contributed by atoms with van der Waals surface area (Å²) in [5.74, 6) is -2.95. The molecule has 2 aromatic rings. The lowest BCUT2D eigenvalue weighted by atomic mass is 9.91. The molecule has 2 aliphatic rings. The third-order valence-corrected chi connectivity index (χ3v) is 6.88. The van der Waals surface area contributed by atoms with E-state index in [1.54, 1.807) is 6.07 Å². The van der Waals surface area contributed by atoms with Crippen molar-refractivity contribution in [3.63, 3.8) is 0 Å². The van der Waals surface area contributed by atoms with E-state index in [1.807, 2.05) is 13.8 Å². The Bertz CT molecular complexity index is 1190. The number of hydrogen-bond donors (Lipinski definition) is 5. The zero-order chi connectivity index (χ0) is 25.5. The predicted octanol–water partition coefficient (Wildman–Crippen LogP) is 2.13. The molecule has 0 spiro atoms. The molecule has 2 heterocycles. The molecule has 4 amide bonds. The molecule has 2 fully saturated rings. The Morgan fingerprint density at radius 1 is 1.20 bits per heavy atom. The summed E-state index contributed by atoms with van der Waals surface area (Å²) in [6, 6.07) is 2.47. The smallest absolute Gasteiger partial charge is 0.268 e. The van der Waals surface area contributed by atoms with Gasteiger partial charge in [0.2, 0.25) is 17.7 Å². The summed E-state index contributed by atoms with van der Waals surface area (Å²) >= 11 is 5.81. The Morgan fingerprint density at radius 3 is 2.51 bits per heavy atom. The van der Waals surface area contributed by atoms with Crippen LogP contribution < -0.4 is 21.7 Å². The van der Waals surface area contributed by atoms with E-state index in [2.05, 4.69) is 20.9 Å². The molecule has 0 bridgehead atoms. The van der Waals surface area contributed by atoms with Crippen LogP contribution in [0.5, 0.6) is 0 Å². The lowest BCUT2D eigenvalue weighted by Gasteiger charge is -2.23. The highest BCUT2D eigenvalue weighted by molar-refractivity contribution is 6.31. The summed E-state index contributed by atoms with van der Waals surface area (Å²) in [7, 11) is 0. The van der Waals surface area contributed by atoms with Crippen LogP contribution in [0.3, 0.4) is 0 Å². The van der Waals surface area contributed by atoms with Crippen LogP contribution in [0.4, 0.5) is 4.39 Å². The summed E-state index contributed by atoms with van der Waals surface area (Å²) < 4.78 is 14.3. The molecule has 1 aromatic heterocycles. The minimum absolute atomic E-state index is 0.0719. The first kappa shape index (κ1) is 25.0. The van der Waals surface area contributed by atoms with Crippen molar-refractivity contribution in [3.8, 4) is 0 Å². The topological polar surface area (TPSA) is 146 Å². The van der Waals surface area contributed by atoms with Gasteiger partial charge in [-0.2, -0.15) is 0 Å². The highest BCUT2D eigenvalue weighted by atomic mass is 35.5. The first-order valence-electron chi connectivity index (χ1n) is 11.6. The van der Waals surface area contributed by atoms with Gasteiger partial charge in [0.1, 0.15) is 17.8 Å². The van der Waals surface area contributed by atoms with E-state index >= 15 is 0 Å². The summed E-state index contributed by atoms with van der Waals surface area (Å²) in [6.45, 7) is 3.77. The van der Waals surface area contributed by atoms with Crippen molar-refractivity contribution in [3.05, 3.63) is 34.7 Å². The van der Waals surface area contributed by atoms with E-state index in [0.717, 1.165) is 12.8 Å². The van der Waals surface area contributed by atoms with Crippen LogP contribution in [-0.2, 0) is 14.4 Å². The van der Waals surface area contributed by atoms with Crippen molar-refractivity contribution in [1.82, 2.24) is 20.9 Å². The van der Waals surface area contributed by atoms with E-state index in [4.69, 9.17) is 17.3 Å². The van der Waals surface area contributed by atoms with Gasteiger partial charge in [0, 0.05) is 16.8 Å². The first-order valence-corrected chi connectivity index (χ1v) is 12.0. The third-order valence-electron chi connectivity index (χ3n) is 6.59. The molecular formula is C24H29ClFN5O4. The number of primary amides is 1. The van der Waals surface area contributed by atoms with Crippen molar-refractivity contribution in [2.75, 3.05) is 0 Å². The average Bonchev–Trinajstić information content (AvgIpc) is 3.41. The maximum atomic E-state index is 14.3. The summed E-state index contributed by atoms with van der Waals surface area (Å²) in [5.41, 5.74) is 5.29. The zero-order valence-corrected chi connectivity index (χ0v) is 20.3. The van der Waals surface area contributed by atoms with Gasteiger partial charge in [0.25, 0.3) is 5.91 Å². The van der Waals surface area contributed by atoms with Crippen LogP contribution in [0.25, 0.3) is 10.9 Å². The van der Waals surface area contributed by atoms with Crippen molar-refractivity contribution >= 4 is 46.1 Å². The molecule has 0 unspecified atom stereocenters. The van der Waals surface area contributed by atoms with Crippen LogP contribution >= 0.6 is 11.6 Å². The van der Waals surface area contributed by atoms with E-state index < -0.39 is 47.1 Å². The van der Waals surface area contributed by atoms with Gasteiger partial charge in [-0.3, -0.25) is 19.2 Å². The molecule has 11 heteroatoms. The number of carbonyl (C=O) groups excluding carboxylic acids is 4. The summed E-state index contributed by atoms with van der Waals surface area (Å²) in [5, 5.41) is 8.57. The van der Waals surface area contributed by atoms with Crippen LogP contribution in [0.1, 0.15) is 56.4 Å². The molecule has 35 heavy (non-hydrogen) atoms. The van der Waals surface area contributed by atoms with Gasteiger partial charge in [-0.15, -0.1) is 0 Å². The number of H-pyrrole nitrogens is 1. The number of nitrogens with two attached hydrogens (primary N) is 1. The maximum absolute atomic E-state index is 14.3. The van der Waals surface area contributed by atoms with Crippen molar-refractivity contribution < 1.29 is 23.6 Å². The average molecular weight is 506 g/mol. The van der Waals surface area contributed by atoms with Gasteiger partial charge in [0.05, 0.1) is 10.5 Å². The number of aromatic amines is 1. The minimum atomic E-state index is -1.06. The molecule has 4 rings (SSSR count). The second-order valence-corrected chi connectivity index (χ2v) is 10.6. The number of nitrogens with one attached hydrogen (secondary N) is 4. The number of aromatic nitrogens is 1. The van der Waals surface area contributed by atoms with Crippen molar-refractivity contribution in [2.45, 2.75) is 63.6 Å². The normalized spacial score (nSPS) is 20.8. The molecule has 1 aliphatic heterocycles. The molecule has 9 nitrogen and oxygen atoms in total. The molecule has 0 radical (unpaired) electrons. The Kier molecular flexibility index (Phi) is 6.77. The van der Waals surface area contributed by atoms with Crippen molar-refractivity contribution in [2.24, 2.45) is 17.6 Å². The fraction of sp³-hybridized carbons (Fsp3) is 0.500. The molecule has 1 saturated heterocycles. The van der Waals surface area contributed by atoms with Gasteiger partial charge < -0.3 is 26.7 Å². The van der Waals surface area contributed by atoms with Crippen molar-refractivity contribution in [1.29, 1.82) is 0 Å². The van der Waals surface area contributed by atoms with Gasteiger partial charge in [0.15, 0.2) is 5.82 Å². The van der Waals surface area contributed by atoms with E-state index in [0.29, 0.717) is 18.2 Å². The zero-order valence-electron chi connectivity index (χ0n) is 19.5. The van der Waals surface area contributed by atoms with Gasteiger partial charge in [-0.05, 0) is 51.2 Å². The number of amides is 4. The number of carbonyl (C=O) groups is 4. The first-order chi connectivity index (χ1) is 16.4. The second kappa shape index (κ2) is 9.49. The molecule has 6 N–H and O–H groups in total. The Morgan fingerprint density at radius 2 is 1.91 bits per heavy atom. The fourth-order valence-electron chi connectivity index (χ4n) is 4.60. The maximum Gasteiger partial charge on any atom is 0.268 e. The predicted molar refractivity (Wildman–Crippen MR) is 128 cm³/mol. The molecule has 3 atom stereocenters. The van der Waals surface area contributed by atoms with Crippen LogP contribution in [0.15, 0.2) is 18.2 Å². The number of rotatable bonds is 9. The molecule has 1 aliphatic carbocycles. The van der Waals surface area contributed by atoms with Gasteiger partial charge in [-0.25, -0.2) is 4.39 Å². The molecule has 188 valence electrons. The highest BCUT2D eigenvalue weighted by Crippen LogP contribution is 2.34. The van der Waals surface area contributed by atoms with Crippen LogP contribution in [-0.4, -0.2) is 46.2 Å². The SMILES string of the molecule is CC1(C)C[C@@H](C[C@H](NC(=O)[C@H](CC2CC2)NC(=O)c2cc3ccc(Cl)c(F)c3[nH]2)C(N)=O)C(=O)N1. The molecular weight excluding hydrogens is 477 g/mol. The molecule has 1 aromatic carbocycles. The third kappa shape index (κ3) is 5.75. The number of hydrogen-bond acceptors (Lipinski definition) is 4. The fourth-order valence-corrected chi connectivity index (χ4v) is 4.76. The summed E-state index contributed by atoms with van der Waals surface area (Å²) in [6.07, 6.45) is 2.84. The van der Waals surface area contributed by atoms with E-state index in [1.165, 1.54) is 12.1 Å². The summed E-state index contributed by atoms with van der Waals surface area (Å²) in [4.78, 5) is 53.1. The number of benzene rings is 1. The second-order valence-electron chi connectivity index (χ2n) is 10.2. The number of halogens is 2. The lowest BCUT2D eigenvalue weighted by molar-refractivity contribution is -0.130. The number of fused-ring (bicyclic) bond motifs is 1. The standard InChI is InChI=1S/C24H29ClFN5O4/c1-24(2)10-13(21(33)31-24)9-15(20(27)32)29-22(34)16(7-11-3-4-11)30-23(35)17-8-12-5-6-14(25)18(26)19(12)28-17/h5-6,8,11,13,15-16,28H,3-4,7,9-10H2,1-2H3,(H2,27,32)(H,29,34)(H,30,35)(H,31,33)/t13-,15+,16+/m1/s1. The van der Waals surface area contributed by atoms with E-state index in [-0.39, 0.29) is 34.5 Å². The van der Waals surface area contributed by atoms with Gasteiger partial charge in [-0.1, -0.05) is 30.5 Å². The van der Waals surface area contributed by atoms with E-state index in [9.17, 15) is 23.6 Å². The Balaban J connectivity index is 1.46. The highest BCUT2D eigenvalue weighted by Gasteiger charge is 2.40. The quantitative estimate of drug-likeness (QED) is 0.355. The van der Waals surface area contributed by atoms with Gasteiger partial charge >= 0.3 is 0 Å². The lowest BCUT2D eigenvalue weighted by Crippen LogP contribution is -2.53. The van der Waals surface area contributed by atoms with Crippen LogP contribution in [0.2, 0.25) is 5.02 Å². The monoisotopic (exact) mass is 505 g/mol. The largest absolute Gasteiger partial charge is 0.368 e. The Hall–Kier alpha value is -3.14. The molecule has 1 saturated carbocycles. The minimum Gasteiger partial charge on any atom is -0.368 e.